The van der Waals surface area contributed by atoms with Crippen LogP contribution in [0, 0.1) is 5.41 Å². The molecule has 5 heteroatoms. The highest BCUT2D eigenvalue weighted by Crippen LogP contribution is 2.17. The van der Waals surface area contributed by atoms with Gasteiger partial charge < -0.3 is 10.1 Å². The second-order valence-corrected chi connectivity index (χ2v) is 6.16. The van der Waals surface area contributed by atoms with Crippen molar-refractivity contribution in [1.29, 1.82) is 0 Å². The van der Waals surface area contributed by atoms with Gasteiger partial charge in [0, 0.05) is 18.6 Å². The third-order valence-electron chi connectivity index (χ3n) is 2.97. The summed E-state index contributed by atoms with van der Waals surface area (Å²) in [7, 11) is 0. The van der Waals surface area contributed by atoms with Crippen molar-refractivity contribution in [3.8, 4) is 0 Å². The molecule has 0 aliphatic carbocycles. The summed E-state index contributed by atoms with van der Waals surface area (Å²) in [6.45, 7) is 12.4. The van der Waals surface area contributed by atoms with E-state index in [4.69, 9.17) is 4.74 Å². The Hall–Kier alpha value is -1.39. The first-order valence-corrected chi connectivity index (χ1v) is 7.85. The average Bonchev–Trinajstić information content (AvgIpc) is 2.41. The molecule has 0 bridgehead atoms. The molecule has 0 heterocycles. The van der Waals surface area contributed by atoms with Gasteiger partial charge in [-0.05, 0) is 6.42 Å². The highest BCUT2D eigenvalue weighted by Gasteiger charge is 2.20. The Balaban J connectivity index is 3.76. The summed E-state index contributed by atoms with van der Waals surface area (Å²) in [6, 6.07) is 0. The van der Waals surface area contributed by atoms with Crippen LogP contribution in [0.25, 0.3) is 0 Å². The summed E-state index contributed by atoms with van der Waals surface area (Å²) in [5, 5.41) is 10.3. The van der Waals surface area contributed by atoms with Crippen LogP contribution < -0.4 is 5.32 Å². The summed E-state index contributed by atoms with van der Waals surface area (Å²) >= 11 is 0. The first-order chi connectivity index (χ1) is 9.91. The third-order valence-corrected chi connectivity index (χ3v) is 2.97. The number of amides is 1. The Kier molecular flexibility index (Phi) is 10.5. The van der Waals surface area contributed by atoms with Crippen LogP contribution in [0.1, 0.15) is 66.2 Å². The van der Waals surface area contributed by atoms with Gasteiger partial charge in [0.1, 0.15) is 6.61 Å². The molecule has 21 heavy (non-hydrogen) atoms. The summed E-state index contributed by atoms with van der Waals surface area (Å²) in [4.78, 5) is 11.6. The van der Waals surface area contributed by atoms with Crippen molar-refractivity contribution in [1.82, 2.24) is 5.32 Å². The minimum absolute atomic E-state index is 0.0891. The summed E-state index contributed by atoms with van der Waals surface area (Å²) in [6.07, 6.45) is 6.37. The van der Waals surface area contributed by atoms with E-state index in [-0.39, 0.29) is 11.3 Å². The van der Waals surface area contributed by atoms with Crippen LogP contribution in [0.4, 0.5) is 0 Å². The fraction of sp³-hybridized carbons (Fsp3) is 0.812. The molecule has 1 N–H and O–H groups in total. The van der Waals surface area contributed by atoms with E-state index < -0.39 is 0 Å². The number of rotatable bonds is 10. The maximum atomic E-state index is 11.6. The summed E-state index contributed by atoms with van der Waals surface area (Å²) in [5.41, 5.74) is -0.218. The molecule has 0 aliphatic heterocycles. The Morgan fingerprint density at radius 3 is 2.43 bits per heavy atom. The van der Waals surface area contributed by atoms with Crippen molar-refractivity contribution in [3.05, 3.63) is 0 Å². The molecule has 0 aliphatic rings. The van der Waals surface area contributed by atoms with Gasteiger partial charge in [-0.15, -0.1) is 5.10 Å². The highest BCUT2D eigenvalue weighted by atomic mass is 16.5. The minimum Gasteiger partial charge on any atom is -0.477 e. The largest absolute Gasteiger partial charge is 0.477 e. The predicted molar refractivity (Wildman–Crippen MR) is 88.8 cm³/mol. The molecule has 0 aromatic carbocycles. The zero-order valence-corrected chi connectivity index (χ0v) is 14.1. The van der Waals surface area contributed by atoms with Crippen LogP contribution in [-0.4, -0.2) is 31.7 Å². The Labute approximate surface area is 129 Å². The lowest BCUT2D eigenvalue weighted by Crippen LogP contribution is -2.30. The molecule has 0 rings (SSSR count). The topological polar surface area (TPSA) is 63.1 Å². The van der Waals surface area contributed by atoms with Crippen LogP contribution in [-0.2, 0) is 9.53 Å². The maximum absolute atomic E-state index is 11.6. The maximum Gasteiger partial charge on any atom is 0.220 e. The molecule has 0 spiro atoms. The van der Waals surface area contributed by atoms with E-state index in [9.17, 15) is 4.79 Å². The van der Waals surface area contributed by atoms with E-state index >= 15 is 0 Å². The molecule has 1 amide bonds. The number of carbonyl (C=O) groups is 1. The van der Waals surface area contributed by atoms with E-state index in [2.05, 4.69) is 29.2 Å². The number of hydrogen-bond donors (Lipinski definition) is 1. The van der Waals surface area contributed by atoms with Crippen molar-refractivity contribution < 1.29 is 9.53 Å². The van der Waals surface area contributed by atoms with E-state index in [1.807, 2.05) is 20.8 Å². The van der Waals surface area contributed by atoms with Crippen molar-refractivity contribution in [3.63, 3.8) is 0 Å². The van der Waals surface area contributed by atoms with E-state index in [1.165, 1.54) is 19.3 Å². The van der Waals surface area contributed by atoms with Gasteiger partial charge in [-0.25, -0.2) is 0 Å². The molecule has 0 radical (unpaired) electrons. The second-order valence-electron chi connectivity index (χ2n) is 6.16. The van der Waals surface area contributed by atoms with Crippen LogP contribution in [0.15, 0.2) is 10.2 Å². The fourth-order valence-corrected chi connectivity index (χ4v) is 1.78. The number of hydrogen-bond acceptors (Lipinski definition) is 4. The highest BCUT2D eigenvalue weighted by molar-refractivity contribution is 5.81. The molecule has 0 fully saturated rings. The van der Waals surface area contributed by atoms with Gasteiger partial charge in [-0.3, -0.25) is 4.79 Å². The number of carbonyl (C=O) groups excluding carboxylic acids is 1. The molecule has 0 atom stereocenters. The third kappa shape index (κ3) is 11.0. The van der Waals surface area contributed by atoms with Crippen molar-refractivity contribution in [2.75, 3.05) is 13.2 Å². The van der Waals surface area contributed by atoms with E-state index in [1.54, 1.807) is 0 Å². The Morgan fingerprint density at radius 1 is 1.19 bits per heavy atom. The lowest BCUT2D eigenvalue weighted by Gasteiger charge is -2.20. The second kappa shape index (κ2) is 11.3. The van der Waals surface area contributed by atoms with Gasteiger partial charge in [0.05, 0.1) is 6.54 Å². The summed E-state index contributed by atoms with van der Waals surface area (Å²) < 4.78 is 5.56. The van der Waals surface area contributed by atoms with Gasteiger partial charge >= 0.3 is 0 Å². The fourth-order valence-electron chi connectivity index (χ4n) is 1.78. The van der Waals surface area contributed by atoms with Gasteiger partial charge in [0.15, 0.2) is 0 Å². The Morgan fingerprint density at radius 2 is 1.86 bits per heavy atom. The van der Waals surface area contributed by atoms with Crippen LogP contribution in [0.3, 0.4) is 0 Å². The lowest BCUT2D eigenvalue weighted by molar-refractivity contribution is -0.121. The minimum atomic E-state index is -0.218. The molecule has 0 saturated heterocycles. The monoisotopic (exact) mass is 297 g/mol. The predicted octanol–water partition coefficient (Wildman–Crippen LogP) is 3.54. The number of nitrogens with zero attached hydrogens (tertiary/aromatic N) is 2. The number of ether oxygens (including phenoxy) is 1. The van der Waals surface area contributed by atoms with E-state index in [0.29, 0.717) is 25.5 Å². The zero-order chi connectivity index (χ0) is 16.1. The quantitative estimate of drug-likeness (QED) is 0.290. The molecule has 122 valence electrons. The zero-order valence-electron chi connectivity index (χ0n) is 14.1. The SMILES string of the molecule is C=N/N=C(\OCCNC(=O)CCCCCCC)C(C)(C)C. The first-order valence-electron chi connectivity index (χ1n) is 7.85. The molecule has 0 aromatic heterocycles. The van der Waals surface area contributed by atoms with Crippen LogP contribution in [0.2, 0.25) is 0 Å². The molecule has 0 unspecified atom stereocenters. The average molecular weight is 297 g/mol. The van der Waals surface area contributed by atoms with E-state index in [0.717, 1.165) is 12.8 Å². The molecular formula is C16H31N3O2. The van der Waals surface area contributed by atoms with Gasteiger partial charge in [-0.2, -0.15) is 5.10 Å². The van der Waals surface area contributed by atoms with Crippen LogP contribution >= 0.6 is 0 Å². The molecule has 0 saturated carbocycles. The van der Waals surface area contributed by atoms with Gasteiger partial charge in [0.25, 0.3) is 0 Å². The molecular weight excluding hydrogens is 266 g/mol. The number of nitrogens with one attached hydrogen (secondary N) is 1. The molecule has 0 aromatic rings. The van der Waals surface area contributed by atoms with Crippen molar-refractivity contribution in [2.45, 2.75) is 66.2 Å². The normalized spacial score (nSPS) is 12.1. The van der Waals surface area contributed by atoms with Gasteiger partial charge in [-0.1, -0.05) is 53.4 Å². The number of unbranched alkanes of at least 4 members (excludes halogenated alkanes) is 4. The van der Waals surface area contributed by atoms with Crippen molar-refractivity contribution in [2.24, 2.45) is 15.6 Å². The van der Waals surface area contributed by atoms with Gasteiger partial charge in [0.2, 0.25) is 11.8 Å². The Bertz CT molecular complexity index is 333. The smallest absolute Gasteiger partial charge is 0.220 e. The van der Waals surface area contributed by atoms with Crippen molar-refractivity contribution >= 4 is 18.5 Å². The summed E-state index contributed by atoms with van der Waals surface area (Å²) in [5.74, 6) is 0.623. The molecule has 5 nitrogen and oxygen atoms in total. The van der Waals surface area contributed by atoms with Crippen LogP contribution in [0.5, 0.6) is 0 Å². The first kappa shape index (κ1) is 19.6. The lowest BCUT2D eigenvalue weighted by atomic mass is 9.97. The standard InChI is InChI=1S/C16H31N3O2/c1-6-7-8-9-10-11-14(20)18-12-13-21-15(19-17-5)16(2,3)4/h5-13H2,1-4H3,(H,18,20)/b19-15-.